The highest BCUT2D eigenvalue weighted by molar-refractivity contribution is 6.04. The summed E-state index contributed by atoms with van der Waals surface area (Å²) in [7, 11) is 1.52. The van der Waals surface area contributed by atoms with Crippen molar-refractivity contribution in [3.05, 3.63) is 36.0 Å². The van der Waals surface area contributed by atoms with Gasteiger partial charge in [0.15, 0.2) is 0 Å². The quantitative estimate of drug-likeness (QED) is 0.611. The lowest BCUT2D eigenvalue weighted by atomic mass is 10.2. The van der Waals surface area contributed by atoms with Crippen molar-refractivity contribution >= 4 is 22.8 Å². The fraction of sp³-hybridized carbons (Fsp3) is 0.286. The topological polar surface area (TPSA) is 66.8 Å². The fourth-order valence-corrected chi connectivity index (χ4v) is 1.86. The third-order valence-corrected chi connectivity index (χ3v) is 2.72. The second kappa shape index (κ2) is 6.10. The summed E-state index contributed by atoms with van der Waals surface area (Å²) in [5.41, 5.74) is 1.19. The summed E-state index contributed by atoms with van der Waals surface area (Å²) in [6.07, 6.45) is 1.57. The Balaban J connectivity index is 2.12. The number of rotatable bonds is 5. The van der Waals surface area contributed by atoms with Crippen LogP contribution in [0.3, 0.4) is 0 Å². The van der Waals surface area contributed by atoms with Crippen LogP contribution in [0.1, 0.15) is 17.3 Å². The standard InChI is InChI=1S/C14H15NO5/c1-10(16)19-7-8-20-14(17)12-9-15(18-2)13-6-4-3-5-11(12)13/h3-6,9H,7-8H2,1-2H3. The average molecular weight is 277 g/mol. The number of fused-ring (bicyclic) bond motifs is 1. The molecule has 0 aliphatic carbocycles. The molecule has 2 rings (SSSR count). The molecule has 2 aromatic rings. The van der Waals surface area contributed by atoms with Crippen LogP contribution in [-0.4, -0.2) is 37.0 Å². The van der Waals surface area contributed by atoms with Crippen LogP contribution in [0.15, 0.2) is 30.5 Å². The van der Waals surface area contributed by atoms with Gasteiger partial charge in [0.1, 0.15) is 20.3 Å². The van der Waals surface area contributed by atoms with Crippen molar-refractivity contribution in [3.63, 3.8) is 0 Å². The summed E-state index contributed by atoms with van der Waals surface area (Å²) in [4.78, 5) is 27.7. The van der Waals surface area contributed by atoms with Gasteiger partial charge in [0.2, 0.25) is 0 Å². The molecule has 0 unspecified atom stereocenters. The molecular formula is C14H15NO5. The highest BCUT2D eigenvalue weighted by Crippen LogP contribution is 2.21. The van der Waals surface area contributed by atoms with Gasteiger partial charge < -0.3 is 14.3 Å². The molecular weight excluding hydrogens is 262 g/mol. The van der Waals surface area contributed by atoms with E-state index in [1.807, 2.05) is 24.3 Å². The number of benzene rings is 1. The lowest BCUT2D eigenvalue weighted by Gasteiger charge is -2.03. The van der Waals surface area contributed by atoms with Gasteiger partial charge in [-0.25, -0.2) is 4.79 Å². The number of ether oxygens (including phenoxy) is 2. The Morgan fingerprint density at radius 3 is 2.55 bits per heavy atom. The summed E-state index contributed by atoms with van der Waals surface area (Å²) in [5, 5.41) is 0.742. The summed E-state index contributed by atoms with van der Waals surface area (Å²) < 4.78 is 11.3. The summed E-state index contributed by atoms with van der Waals surface area (Å²) >= 11 is 0. The van der Waals surface area contributed by atoms with Crippen LogP contribution in [0.4, 0.5) is 0 Å². The summed E-state index contributed by atoms with van der Waals surface area (Å²) in [6.45, 7) is 1.36. The van der Waals surface area contributed by atoms with Gasteiger partial charge in [0.25, 0.3) is 0 Å². The number of nitrogens with zero attached hydrogens (tertiary/aromatic N) is 1. The first kappa shape index (κ1) is 13.9. The van der Waals surface area contributed by atoms with Gasteiger partial charge in [-0.05, 0) is 6.07 Å². The number of aromatic nitrogens is 1. The predicted molar refractivity (Wildman–Crippen MR) is 71.4 cm³/mol. The van der Waals surface area contributed by atoms with Crippen LogP contribution in [0.25, 0.3) is 10.9 Å². The van der Waals surface area contributed by atoms with E-state index in [4.69, 9.17) is 14.3 Å². The molecule has 0 N–H and O–H groups in total. The van der Waals surface area contributed by atoms with Crippen molar-refractivity contribution in [2.45, 2.75) is 6.92 Å². The van der Waals surface area contributed by atoms with Gasteiger partial charge in [-0.15, -0.1) is 0 Å². The van der Waals surface area contributed by atoms with Crippen molar-refractivity contribution in [2.24, 2.45) is 0 Å². The van der Waals surface area contributed by atoms with E-state index in [-0.39, 0.29) is 13.2 Å². The molecule has 0 radical (unpaired) electrons. The molecule has 6 heteroatoms. The maximum Gasteiger partial charge on any atom is 0.340 e. The molecule has 1 heterocycles. The van der Waals surface area contributed by atoms with E-state index in [1.54, 1.807) is 6.20 Å². The van der Waals surface area contributed by atoms with Crippen molar-refractivity contribution in [3.8, 4) is 0 Å². The van der Waals surface area contributed by atoms with Crippen molar-refractivity contribution < 1.29 is 23.9 Å². The largest absolute Gasteiger partial charge is 0.462 e. The Bertz CT molecular complexity index is 632. The number of esters is 2. The molecule has 0 bridgehead atoms. The van der Waals surface area contributed by atoms with E-state index < -0.39 is 11.9 Å². The molecule has 0 saturated heterocycles. The molecule has 1 aromatic heterocycles. The molecule has 0 aliphatic heterocycles. The number of carbonyl (C=O) groups excluding carboxylic acids is 2. The Labute approximate surface area is 115 Å². The minimum absolute atomic E-state index is 0.0188. The van der Waals surface area contributed by atoms with Crippen LogP contribution in [0, 0.1) is 0 Å². The third-order valence-electron chi connectivity index (χ3n) is 2.72. The SMILES string of the molecule is COn1cc(C(=O)OCCOC(C)=O)c2ccccc21. The molecule has 0 atom stereocenters. The van der Waals surface area contributed by atoms with Gasteiger partial charge in [-0.1, -0.05) is 18.2 Å². The number of para-hydroxylation sites is 1. The lowest BCUT2D eigenvalue weighted by molar-refractivity contribution is -0.142. The maximum atomic E-state index is 12.0. The summed E-state index contributed by atoms with van der Waals surface area (Å²) in [5.74, 6) is -0.888. The van der Waals surface area contributed by atoms with Gasteiger partial charge in [-0.3, -0.25) is 4.79 Å². The monoisotopic (exact) mass is 277 g/mol. The van der Waals surface area contributed by atoms with Crippen LogP contribution in [-0.2, 0) is 14.3 Å². The summed E-state index contributed by atoms with van der Waals surface area (Å²) in [6, 6.07) is 7.34. The zero-order valence-electron chi connectivity index (χ0n) is 11.3. The van der Waals surface area contributed by atoms with E-state index >= 15 is 0 Å². The average Bonchev–Trinajstić information content (AvgIpc) is 2.82. The Morgan fingerprint density at radius 1 is 1.15 bits per heavy atom. The minimum atomic E-state index is -0.482. The predicted octanol–water partition coefficient (Wildman–Crippen LogP) is 1.42. The minimum Gasteiger partial charge on any atom is -0.462 e. The third kappa shape index (κ3) is 2.90. The van der Waals surface area contributed by atoms with E-state index in [9.17, 15) is 9.59 Å². The van der Waals surface area contributed by atoms with Crippen LogP contribution >= 0.6 is 0 Å². The molecule has 0 amide bonds. The Hall–Kier alpha value is -2.50. The van der Waals surface area contributed by atoms with E-state index in [1.165, 1.54) is 18.8 Å². The Morgan fingerprint density at radius 2 is 1.85 bits per heavy atom. The first-order valence-electron chi connectivity index (χ1n) is 6.08. The second-order valence-corrected chi connectivity index (χ2v) is 4.04. The fourth-order valence-electron chi connectivity index (χ4n) is 1.86. The first-order valence-corrected chi connectivity index (χ1v) is 6.08. The van der Waals surface area contributed by atoms with Crippen LogP contribution in [0.2, 0.25) is 0 Å². The zero-order valence-corrected chi connectivity index (χ0v) is 11.3. The van der Waals surface area contributed by atoms with Crippen LogP contribution in [0.5, 0.6) is 0 Å². The van der Waals surface area contributed by atoms with Gasteiger partial charge >= 0.3 is 11.9 Å². The highest BCUT2D eigenvalue weighted by Gasteiger charge is 2.16. The highest BCUT2D eigenvalue weighted by atomic mass is 16.6. The van der Waals surface area contributed by atoms with Gasteiger partial charge in [0, 0.05) is 12.3 Å². The van der Waals surface area contributed by atoms with Gasteiger partial charge in [0.05, 0.1) is 17.3 Å². The Kier molecular flexibility index (Phi) is 4.24. The molecule has 0 fully saturated rings. The molecule has 6 nitrogen and oxygen atoms in total. The van der Waals surface area contributed by atoms with Gasteiger partial charge in [-0.2, -0.15) is 4.73 Å². The zero-order chi connectivity index (χ0) is 14.5. The van der Waals surface area contributed by atoms with Crippen LogP contribution < -0.4 is 4.84 Å². The number of hydrogen-bond acceptors (Lipinski definition) is 5. The lowest BCUT2D eigenvalue weighted by Crippen LogP contribution is -2.12. The maximum absolute atomic E-state index is 12.0. The normalized spacial score (nSPS) is 10.3. The number of carbonyl (C=O) groups is 2. The van der Waals surface area contributed by atoms with Crippen molar-refractivity contribution in [1.82, 2.24) is 4.73 Å². The van der Waals surface area contributed by atoms with E-state index in [0.29, 0.717) is 5.56 Å². The molecule has 0 spiro atoms. The smallest absolute Gasteiger partial charge is 0.340 e. The van der Waals surface area contributed by atoms with E-state index in [2.05, 4.69) is 0 Å². The van der Waals surface area contributed by atoms with Crippen molar-refractivity contribution in [1.29, 1.82) is 0 Å². The molecule has 20 heavy (non-hydrogen) atoms. The molecule has 0 saturated carbocycles. The van der Waals surface area contributed by atoms with Crippen molar-refractivity contribution in [2.75, 3.05) is 20.3 Å². The second-order valence-electron chi connectivity index (χ2n) is 4.04. The number of hydrogen-bond donors (Lipinski definition) is 0. The molecule has 1 aromatic carbocycles. The van der Waals surface area contributed by atoms with E-state index in [0.717, 1.165) is 10.9 Å². The first-order chi connectivity index (χ1) is 9.63. The molecule has 106 valence electrons. The molecule has 0 aliphatic rings.